The van der Waals surface area contributed by atoms with Crippen molar-refractivity contribution in [1.82, 2.24) is 15.5 Å². The lowest BCUT2D eigenvalue weighted by molar-refractivity contribution is -0.132. The SMILES string of the molecule is O=C1CN(C2Cc3ccccc3C(C(=O)Nc3ccccc3C(=O)O)N2)C(F)C(Cl)N1. The normalized spacial score (nSPS) is 25.9. The summed E-state index contributed by atoms with van der Waals surface area (Å²) in [6, 6.07) is 12.4. The number of carboxylic acids is 1. The summed E-state index contributed by atoms with van der Waals surface area (Å²) in [6.45, 7) is -0.208. The van der Waals surface area contributed by atoms with Crippen molar-refractivity contribution in [2.24, 2.45) is 0 Å². The molecule has 4 atom stereocenters. The number of amides is 2. The predicted molar refractivity (Wildman–Crippen MR) is 111 cm³/mol. The Balaban J connectivity index is 1.63. The van der Waals surface area contributed by atoms with E-state index in [4.69, 9.17) is 11.6 Å². The Bertz CT molecular complexity index is 1040. The van der Waals surface area contributed by atoms with Gasteiger partial charge in [0.25, 0.3) is 0 Å². The number of fused-ring (bicyclic) bond motifs is 1. The van der Waals surface area contributed by atoms with Gasteiger partial charge in [0.15, 0.2) is 6.30 Å². The molecule has 4 N–H and O–H groups in total. The van der Waals surface area contributed by atoms with Gasteiger partial charge in [0, 0.05) is 6.42 Å². The summed E-state index contributed by atoms with van der Waals surface area (Å²) >= 11 is 5.92. The zero-order chi connectivity index (χ0) is 22.1. The van der Waals surface area contributed by atoms with Gasteiger partial charge in [-0.1, -0.05) is 48.0 Å². The molecule has 0 saturated carbocycles. The summed E-state index contributed by atoms with van der Waals surface area (Å²) in [6.07, 6.45) is -1.94. The molecule has 2 aliphatic rings. The zero-order valence-corrected chi connectivity index (χ0v) is 17.0. The number of carboxylic acid groups (broad SMARTS) is 1. The van der Waals surface area contributed by atoms with Crippen LogP contribution in [-0.2, 0) is 16.0 Å². The molecule has 4 rings (SSSR count). The van der Waals surface area contributed by atoms with Crippen molar-refractivity contribution in [2.75, 3.05) is 11.9 Å². The number of nitrogens with zero attached hydrogens (tertiary/aromatic N) is 1. The number of hydrogen-bond acceptors (Lipinski definition) is 5. The number of benzene rings is 2. The van der Waals surface area contributed by atoms with E-state index in [1.54, 1.807) is 24.3 Å². The first-order valence-corrected chi connectivity index (χ1v) is 10.1. The third-order valence-corrected chi connectivity index (χ3v) is 5.72. The van der Waals surface area contributed by atoms with Crippen LogP contribution in [0.1, 0.15) is 27.5 Å². The zero-order valence-electron chi connectivity index (χ0n) is 16.2. The molecule has 0 radical (unpaired) electrons. The van der Waals surface area contributed by atoms with Crippen LogP contribution >= 0.6 is 11.6 Å². The number of rotatable bonds is 4. The van der Waals surface area contributed by atoms with E-state index in [0.29, 0.717) is 12.0 Å². The highest BCUT2D eigenvalue weighted by molar-refractivity contribution is 6.22. The highest BCUT2D eigenvalue weighted by Gasteiger charge is 2.42. The number of para-hydroxylation sites is 1. The van der Waals surface area contributed by atoms with Gasteiger partial charge in [-0.05, 0) is 23.3 Å². The molecule has 2 amide bonds. The molecule has 8 nitrogen and oxygen atoms in total. The molecule has 2 aromatic rings. The molecule has 2 aliphatic heterocycles. The maximum Gasteiger partial charge on any atom is 0.337 e. The number of hydrogen-bond donors (Lipinski definition) is 4. The molecule has 10 heteroatoms. The van der Waals surface area contributed by atoms with Gasteiger partial charge in [-0.2, -0.15) is 0 Å². The van der Waals surface area contributed by atoms with Gasteiger partial charge in [-0.15, -0.1) is 0 Å². The van der Waals surface area contributed by atoms with Crippen LogP contribution < -0.4 is 16.0 Å². The lowest BCUT2D eigenvalue weighted by atomic mass is 9.91. The van der Waals surface area contributed by atoms with Crippen LogP contribution in [0.25, 0.3) is 0 Å². The molecular formula is C21H20ClFN4O4. The third-order valence-electron chi connectivity index (χ3n) is 5.40. The third kappa shape index (κ3) is 4.25. The number of halogens is 2. The standard InChI is InChI=1S/C21H20ClFN4O4/c22-18-19(23)27(10-16(28)26-18)15-9-11-5-1-2-6-12(11)17(25-15)20(29)24-14-8-4-3-7-13(14)21(30)31/h1-8,15,17-19,25H,9-10H2,(H,24,29)(H,26,28)(H,30,31). The quantitative estimate of drug-likeness (QED) is 0.421. The Morgan fingerprint density at radius 3 is 2.65 bits per heavy atom. The summed E-state index contributed by atoms with van der Waals surface area (Å²) in [4.78, 5) is 37.8. The molecule has 0 spiro atoms. The van der Waals surface area contributed by atoms with Crippen LogP contribution in [-0.4, -0.2) is 52.3 Å². The topological polar surface area (TPSA) is 111 Å². The minimum absolute atomic E-state index is 0.0435. The number of nitrogens with one attached hydrogen (secondary N) is 3. The average molecular weight is 447 g/mol. The Hall–Kier alpha value is -3.01. The summed E-state index contributed by atoms with van der Waals surface area (Å²) < 4.78 is 14.8. The number of aromatic carboxylic acids is 1. The number of carbonyl (C=O) groups is 3. The smallest absolute Gasteiger partial charge is 0.337 e. The van der Waals surface area contributed by atoms with E-state index in [1.165, 1.54) is 17.0 Å². The van der Waals surface area contributed by atoms with E-state index >= 15 is 0 Å². The van der Waals surface area contributed by atoms with Gasteiger partial charge in [0.05, 0.1) is 24.0 Å². The van der Waals surface area contributed by atoms with E-state index in [-0.39, 0.29) is 17.8 Å². The van der Waals surface area contributed by atoms with Crippen molar-refractivity contribution in [1.29, 1.82) is 0 Å². The molecule has 162 valence electrons. The molecule has 1 fully saturated rings. The molecule has 0 bridgehead atoms. The maximum atomic E-state index is 14.8. The van der Waals surface area contributed by atoms with Gasteiger partial charge in [0.2, 0.25) is 11.8 Å². The van der Waals surface area contributed by atoms with Gasteiger partial charge >= 0.3 is 5.97 Å². The molecular weight excluding hydrogens is 427 g/mol. The fourth-order valence-corrected chi connectivity index (χ4v) is 4.20. The van der Waals surface area contributed by atoms with Crippen molar-refractivity contribution in [3.63, 3.8) is 0 Å². The molecule has 2 heterocycles. The fraction of sp³-hybridized carbons (Fsp3) is 0.286. The van der Waals surface area contributed by atoms with Gasteiger partial charge in [-0.3, -0.25) is 14.9 Å². The molecule has 2 aromatic carbocycles. The second-order valence-electron chi connectivity index (χ2n) is 7.37. The molecule has 0 aromatic heterocycles. The number of alkyl halides is 2. The first kappa shape index (κ1) is 21.2. The van der Waals surface area contributed by atoms with E-state index in [2.05, 4.69) is 16.0 Å². The van der Waals surface area contributed by atoms with Crippen molar-refractivity contribution in [3.05, 3.63) is 65.2 Å². The minimum Gasteiger partial charge on any atom is -0.478 e. The lowest BCUT2D eigenvalue weighted by Crippen LogP contribution is -2.64. The molecule has 4 unspecified atom stereocenters. The van der Waals surface area contributed by atoms with Gasteiger partial charge in [0.1, 0.15) is 11.5 Å². The monoisotopic (exact) mass is 446 g/mol. The van der Waals surface area contributed by atoms with Crippen LogP contribution in [0.5, 0.6) is 0 Å². The molecule has 31 heavy (non-hydrogen) atoms. The van der Waals surface area contributed by atoms with Gasteiger partial charge < -0.3 is 15.7 Å². The first-order valence-electron chi connectivity index (χ1n) is 9.65. The predicted octanol–water partition coefficient (Wildman–Crippen LogP) is 1.83. The second-order valence-corrected chi connectivity index (χ2v) is 7.84. The van der Waals surface area contributed by atoms with Crippen LogP contribution in [0.3, 0.4) is 0 Å². The largest absolute Gasteiger partial charge is 0.478 e. The van der Waals surface area contributed by atoms with E-state index in [1.807, 2.05) is 12.1 Å². The van der Waals surface area contributed by atoms with Gasteiger partial charge in [-0.25, -0.2) is 14.1 Å². The summed E-state index contributed by atoms with van der Waals surface area (Å²) in [7, 11) is 0. The molecule has 0 aliphatic carbocycles. The Morgan fingerprint density at radius 1 is 1.16 bits per heavy atom. The Kier molecular flexibility index (Phi) is 5.90. The van der Waals surface area contributed by atoms with Crippen LogP contribution in [0, 0.1) is 0 Å². The number of carbonyl (C=O) groups excluding carboxylic acids is 2. The summed E-state index contributed by atoms with van der Waals surface area (Å²) in [5, 5.41) is 17.5. The fourth-order valence-electron chi connectivity index (χ4n) is 3.94. The Morgan fingerprint density at radius 2 is 1.87 bits per heavy atom. The number of piperazine rings is 1. The maximum absolute atomic E-state index is 14.8. The van der Waals surface area contributed by atoms with Crippen molar-refractivity contribution in [2.45, 2.75) is 30.4 Å². The van der Waals surface area contributed by atoms with Crippen LogP contribution in [0.4, 0.5) is 10.1 Å². The van der Waals surface area contributed by atoms with Crippen molar-refractivity contribution in [3.8, 4) is 0 Å². The highest BCUT2D eigenvalue weighted by Crippen LogP contribution is 2.30. The van der Waals surface area contributed by atoms with Crippen molar-refractivity contribution >= 4 is 35.1 Å². The van der Waals surface area contributed by atoms with E-state index in [9.17, 15) is 23.9 Å². The summed E-state index contributed by atoms with van der Waals surface area (Å²) in [5.74, 6) is -2.07. The van der Waals surface area contributed by atoms with Crippen molar-refractivity contribution < 1.29 is 23.9 Å². The molecule has 1 saturated heterocycles. The second kappa shape index (κ2) is 8.62. The average Bonchev–Trinajstić information content (AvgIpc) is 2.75. The highest BCUT2D eigenvalue weighted by atomic mass is 35.5. The van der Waals surface area contributed by atoms with Crippen LogP contribution in [0.15, 0.2) is 48.5 Å². The summed E-state index contributed by atoms with van der Waals surface area (Å²) in [5.41, 5.74) is 0.432. The lowest BCUT2D eigenvalue weighted by Gasteiger charge is -2.43. The van der Waals surface area contributed by atoms with Crippen LogP contribution in [0.2, 0.25) is 0 Å². The Labute approximate surface area is 182 Å². The first-order chi connectivity index (χ1) is 14.8. The minimum atomic E-state index is -1.64. The van der Waals surface area contributed by atoms with E-state index in [0.717, 1.165) is 5.56 Å². The van der Waals surface area contributed by atoms with E-state index < -0.39 is 41.8 Å². The number of anilines is 1.